The number of carbonyl (C=O) groups excluding carboxylic acids is 2. The first-order chi connectivity index (χ1) is 13.4. The van der Waals surface area contributed by atoms with E-state index in [-0.39, 0.29) is 5.75 Å². The Balaban J connectivity index is 0.000000687. The molecule has 0 bridgehead atoms. The van der Waals surface area contributed by atoms with Crippen LogP contribution in [0, 0.1) is 0 Å². The van der Waals surface area contributed by atoms with Gasteiger partial charge in [-0.15, -0.1) is 11.8 Å². The first-order valence-electron chi connectivity index (χ1n) is 8.69. The molecule has 0 radical (unpaired) electrons. The van der Waals surface area contributed by atoms with E-state index in [2.05, 4.69) is 5.32 Å². The van der Waals surface area contributed by atoms with Gasteiger partial charge in [0, 0.05) is 4.75 Å². The lowest BCUT2D eigenvalue weighted by Crippen LogP contribution is -2.71. The van der Waals surface area contributed by atoms with Crippen LogP contribution in [0.25, 0.3) is 0 Å². The Bertz CT molecular complexity index is 784. The maximum atomic E-state index is 12.3. The molecule has 2 fully saturated rings. The molecule has 2 heterocycles. The third-order valence-electron chi connectivity index (χ3n) is 4.51. The number of hydrogen-bond donors (Lipinski definition) is 4. The van der Waals surface area contributed by atoms with Crippen LogP contribution in [0.1, 0.15) is 25.5 Å². The van der Waals surface area contributed by atoms with Gasteiger partial charge in [-0.3, -0.25) is 9.59 Å². The molecule has 29 heavy (non-hydrogen) atoms. The Morgan fingerprint density at radius 1 is 1.31 bits per heavy atom. The van der Waals surface area contributed by atoms with Crippen LogP contribution >= 0.6 is 11.8 Å². The second kappa shape index (κ2) is 8.82. The van der Waals surface area contributed by atoms with Crippen LogP contribution in [0.5, 0.6) is 5.75 Å². The summed E-state index contributed by atoms with van der Waals surface area (Å²) in [4.78, 5) is 37.5. The fourth-order valence-corrected chi connectivity index (χ4v) is 4.85. The topological polar surface area (TPSA) is 156 Å². The van der Waals surface area contributed by atoms with Crippen molar-refractivity contribution in [2.75, 3.05) is 12.5 Å². The molecule has 2 aliphatic rings. The molecule has 1 aromatic rings. The summed E-state index contributed by atoms with van der Waals surface area (Å²) in [5.41, 5.74) is 6.41. The maximum Gasteiger partial charge on any atom is 0.327 e. The predicted molar refractivity (Wildman–Crippen MR) is 111 cm³/mol. The van der Waals surface area contributed by atoms with E-state index in [1.54, 1.807) is 26.4 Å². The van der Waals surface area contributed by atoms with Crippen molar-refractivity contribution in [3.63, 3.8) is 0 Å². The Morgan fingerprint density at radius 2 is 1.83 bits per heavy atom. The summed E-state index contributed by atoms with van der Waals surface area (Å²) in [6, 6.07) is 3.21. The van der Waals surface area contributed by atoms with E-state index in [9.17, 15) is 29.1 Å². The van der Waals surface area contributed by atoms with Crippen molar-refractivity contribution in [1.29, 1.82) is 0 Å². The Morgan fingerprint density at radius 3 is 2.31 bits per heavy atom. The third-order valence-corrected chi connectivity index (χ3v) is 6.08. The summed E-state index contributed by atoms with van der Waals surface area (Å²) >= 11 is 0.742. The number of nitrogens with one attached hydrogen (secondary N) is 1. The number of hydrogen-bond acceptors (Lipinski definition) is 7. The summed E-state index contributed by atoms with van der Waals surface area (Å²) in [5.74, 6) is -1.94. The molecular weight excluding hydrogens is 418 g/mol. The van der Waals surface area contributed by atoms with E-state index < -0.39 is 57.2 Å². The second-order valence-electron chi connectivity index (χ2n) is 7.40. The Hall–Kier alpha value is -1.95. The summed E-state index contributed by atoms with van der Waals surface area (Å²) < 4.78 is 8.91. The molecule has 2 saturated heterocycles. The predicted octanol–water partition coefficient (Wildman–Crippen LogP) is 0.0184. The van der Waals surface area contributed by atoms with Crippen LogP contribution in [0.15, 0.2) is 24.3 Å². The van der Waals surface area contributed by atoms with Crippen molar-refractivity contribution in [3.8, 4) is 5.75 Å². The van der Waals surface area contributed by atoms with Gasteiger partial charge in [-0.05, 0) is 31.5 Å². The molecule has 11 heteroatoms. The van der Waals surface area contributed by atoms with Gasteiger partial charge in [-0.25, -0.2) is 4.79 Å². The second-order valence-corrected chi connectivity index (χ2v) is 10.6. The fraction of sp³-hybridized carbons (Fsp3) is 0.500. The monoisotopic (exact) mass is 443 g/mol. The van der Waals surface area contributed by atoms with E-state index >= 15 is 0 Å². The zero-order valence-electron chi connectivity index (χ0n) is 16.5. The largest absolute Gasteiger partial charge is 0.617 e. The SMILES string of the molecule is CC1(C)S[C@@H]2[C@H](NC(=O)C(N)c3ccc(O)cc3)C(=O)N2[C@H]1C(=O)O.C[S+](C)[O-]. The lowest BCUT2D eigenvalue weighted by molar-refractivity contribution is -0.161. The van der Waals surface area contributed by atoms with Gasteiger partial charge in [-0.1, -0.05) is 23.3 Å². The number of aromatic hydroxyl groups is 1. The number of nitrogens with two attached hydrogens (primary N) is 1. The van der Waals surface area contributed by atoms with Crippen molar-refractivity contribution in [1.82, 2.24) is 10.2 Å². The van der Waals surface area contributed by atoms with Gasteiger partial charge in [0.15, 0.2) is 0 Å². The van der Waals surface area contributed by atoms with Gasteiger partial charge in [-0.2, -0.15) is 0 Å². The van der Waals surface area contributed by atoms with E-state index in [1.165, 1.54) is 40.9 Å². The molecule has 3 rings (SSSR count). The number of aliphatic carboxylic acids is 1. The van der Waals surface area contributed by atoms with Crippen LogP contribution < -0.4 is 11.1 Å². The normalized spacial score (nSPS) is 25.4. The van der Waals surface area contributed by atoms with Crippen LogP contribution in [-0.2, 0) is 25.6 Å². The number of nitrogens with zero attached hydrogens (tertiary/aromatic N) is 1. The van der Waals surface area contributed by atoms with Gasteiger partial charge in [0.1, 0.15) is 29.2 Å². The van der Waals surface area contributed by atoms with Gasteiger partial charge in [0.2, 0.25) is 11.8 Å². The lowest BCUT2D eigenvalue weighted by atomic mass is 9.95. The average Bonchev–Trinajstić information content (AvgIpc) is 2.87. The van der Waals surface area contributed by atoms with Crippen LogP contribution in [0.3, 0.4) is 0 Å². The molecule has 1 unspecified atom stereocenters. The number of benzene rings is 1. The average molecular weight is 444 g/mol. The van der Waals surface area contributed by atoms with Crippen molar-refractivity contribution in [2.45, 2.75) is 42.1 Å². The van der Waals surface area contributed by atoms with Crippen molar-refractivity contribution in [3.05, 3.63) is 29.8 Å². The number of thioether (sulfide) groups is 1. The van der Waals surface area contributed by atoms with Gasteiger partial charge in [0.05, 0.1) is 12.5 Å². The molecule has 0 saturated carbocycles. The molecular formula is C18H25N3O6S2. The summed E-state index contributed by atoms with van der Waals surface area (Å²) in [6.45, 7) is 3.53. The zero-order valence-corrected chi connectivity index (χ0v) is 18.1. The minimum Gasteiger partial charge on any atom is -0.617 e. The van der Waals surface area contributed by atoms with Crippen molar-refractivity contribution in [2.24, 2.45) is 5.73 Å². The van der Waals surface area contributed by atoms with Crippen molar-refractivity contribution >= 4 is 40.7 Å². The number of carboxylic acids is 1. The number of rotatable bonds is 4. The standard InChI is InChI=1S/C16H19N3O5S.C2H6OS/c1-16(2)11(15(23)24)19-13(22)10(14(19)25-16)18-12(21)9(17)7-3-5-8(20)6-4-7;1-4(2)3/h3-6,9-11,14,20H,17H2,1-2H3,(H,18,21)(H,23,24);1-2H3/t9?,10-,11+,14-;/m1./s1. The van der Waals surface area contributed by atoms with Crippen LogP contribution in [0.2, 0.25) is 0 Å². The molecule has 9 nitrogen and oxygen atoms in total. The molecule has 2 aliphatic heterocycles. The lowest BCUT2D eigenvalue weighted by Gasteiger charge is -2.43. The van der Waals surface area contributed by atoms with E-state index in [0.717, 1.165) is 0 Å². The number of carbonyl (C=O) groups is 3. The molecule has 4 atom stereocenters. The molecule has 5 N–H and O–H groups in total. The molecule has 1 aromatic carbocycles. The summed E-state index contributed by atoms with van der Waals surface area (Å²) in [5, 5.41) is 20.9. The summed E-state index contributed by atoms with van der Waals surface area (Å²) in [7, 11) is 0. The molecule has 160 valence electrons. The van der Waals surface area contributed by atoms with Crippen LogP contribution in [0.4, 0.5) is 0 Å². The highest BCUT2D eigenvalue weighted by Crippen LogP contribution is 2.50. The Labute approximate surface area is 176 Å². The first-order valence-corrected chi connectivity index (χ1v) is 11.5. The van der Waals surface area contributed by atoms with Crippen LogP contribution in [-0.4, -0.2) is 72.2 Å². The fourth-order valence-electron chi connectivity index (χ4n) is 3.22. The highest BCUT2D eigenvalue weighted by atomic mass is 32.2. The highest BCUT2D eigenvalue weighted by molar-refractivity contribution is 8.01. The number of carboxylic acid groups (broad SMARTS) is 1. The Kier molecular flexibility index (Phi) is 7.10. The molecule has 0 spiro atoms. The maximum absolute atomic E-state index is 12.3. The smallest absolute Gasteiger partial charge is 0.327 e. The molecule has 2 amide bonds. The number of fused-ring (bicyclic) bond motifs is 1. The van der Waals surface area contributed by atoms with Gasteiger partial charge in [0.25, 0.3) is 0 Å². The number of phenols is 1. The quantitative estimate of drug-likeness (QED) is 0.375. The van der Waals surface area contributed by atoms with E-state index in [1.807, 2.05) is 0 Å². The van der Waals surface area contributed by atoms with E-state index in [4.69, 9.17) is 5.73 Å². The number of amides is 2. The van der Waals surface area contributed by atoms with Crippen molar-refractivity contribution < 1.29 is 29.1 Å². The number of phenolic OH excluding ortho intramolecular Hbond substituents is 1. The van der Waals surface area contributed by atoms with Gasteiger partial charge < -0.3 is 30.7 Å². The number of β-lactam (4-membered cyclic amide) rings is 1. The zero-order chi connectivity index (χ0) is 22.1. The highest BCUT2D eigenvalue weighted by Gasteiger charge is 2.64. The van der Waals surface area contributed by atoms with E-state index in [0.29, 0.717) is 5.56 Å². The third kappa shape index (κ3) is 4.97. The molecule has 0 aromatic heterocycles. The molecule has 0 aliphatic carbocycles. The summed E-state index contributed by atoms with van der Waals surface area (Å²) in [6.07, 6.45) is 3.28. The first kappa shape index (κ1) is 23.3. The minimum absolute atomic E-state index is 0.0606. The van der Waals surface area contributed by atoms with Gasteiger partial charge >= 0.3 is 5.97 Å². The minimum atomic E-state index is -1.06.